The molecule has 0 spiro atoms. The van der Waals surface area contributed by atoms with Crippen molar-refractivity contribution < 1.29 is 14.6 Å². The van der Waals surface area contributed by atoms with Gasteiger partial charge >= 0.3 is 6.09 Å². The largest absolute Gasteiger partial charge is 0.470 e. The summed E-state index contributed by atoms with van der Waals surface area (Å²) >= 11 is 1.58. The molecule has 1 fully saturated rings. The van der Waals surface area contributed by atoms with Crippen LogP contribution in [-0.4, -0.2) is 58.8 Å². The molecule has 1 aliphatic heterocycles. The number of carboxylic acid groups (broad SMARTS) is 1. The monoisotopic (exact) mass is 397 g/mol. The van der Waals surface area contributed by atoms with Crippen LogP contribution >= 0.6 is 11.3 Å². The van der Waals surface area contributed by atoms with Gasteiger partial charge in [0.25, 0.3) is 5.19 Å². The SMILES string of the molecule is O=C(O)N1CCN(Cc2ccc(CCOc3nc4ccccc4s3)cc2)CC1. The van der Waals surface area contributed by atoms with E-state index in [2.05, 4.69) is 40.2 Å². The van der Waals surface area contributed by atoms with Crippen LogP contribution in [0.25, 0.3) is 10.2 Å². The number of benzene rings is 2. The highest BCUT2D eigenvalue weighted by molar-refractivity contribution is 7.20. The van der Waals surface area contributed by atoms with Crippen LogP contribution in [0.4, 0.5) is 4.79 Å². The van der Waals surface area contributed by atoms with Crippen LogP contribution in [-0.2, 0) is 13.0 Å². The first-order valence-electron chi connectivity index (χ1n) is 9.44. The van der Waals surface area contributed by atoms with Gasteiger partial charge in [0.2, 0.25) is 0 Å². The Hall–Kier alpha value is -2.64. The van der Waals surface area contributed by atoms with E-state index >= 15 is 0 Å². The maximum absolute atomic E-state index is 11.0. The van der Waals surface area contributed by atoms with Crippen LogP contribution in [0, 0.1) is 0 Å². The molecule has 146 valence electrons. The number of fused-ring (bicyclic) bond motifs is 1. The highest BCUT2D eigenvalue weighted by Gasteiger charge is 2.20. The first-order chi connectivity index (χ1) is 13.7. The van der Waals surface area contributed by atoms with E-state index < -0.39 is 6.09 Å². The van der Waals surface area contributed by atoms with Crippen molar-refractivity contribution in [3.63, 3.8) is 0 Å². The van der Waals surface area contributed by atoms with Gasteiger partial charge in [0.05, 0.1) is 16.8 Å². The number of hydrogen-bond acceptors (Lipinski definition) is 5. The maximum atomic E-state index is 11.0. The van der Waals surface area contributed by atoms with Gasteiger partial charge < -0.3 is 14.7 Å². The van der Waals surface area contributed by atoms with E-state index in [0.29, 0.717) is 19.7 Å². The van der Waals surface area contributed by atoms with Crippen molar-refractivity contribution in [2.24, 2.45) is 0 Å². The van der Waals surface area contributed by atoms with Gasteiger partial charge in [0.15, 0.2) is 0 Å². The van der Waals surface area contributed by atoms with Crippen LogP contribution < -0.4 is 4.74 Å². The molecule has 6 nitrogen and oxygen atoms in total. The number of thiazole rings is 1. The third-order valence-electron chi connectivity index (χ3n) is 4.96. The number of carbonyl (C=O) groups is 1. The number of hydrogen-bond donors (Lipinski definition) is 1. The van der Waals surface area contributed by atoms with E-state index in [0.717, 1.165) is 41.5 Å². The fourth-order valence-corrected chi connectivity index (χ4v) is 4.18. The van der Waals surface area contributed by atoms with Crippen molar-refractivity contribution in [2.45, 2.75) is 13.0 Å². The van der Waals surface area contributed by atoms with E-state index in [9.17, 15) is 4.79 Å². The summed E-state index contributed by atoms with van der Waals surface area (Å²) in [4.78, 5) is 19.2. The van der Waals surface area contributed by atoms with Gasteiger partial charge in [0.1, 0.15) is 0 Å². The Balaban J connectivity index is 1.24. The number of piperazine rings is 1. The molecule has 28 heavy (non-hydrogen) atoms. The third-order valence-corrected chi connectivity index (χ3v) is 5.91. The molecule has 2 aromatic carbocycles. The van der Waals surface area contributed by atoms with Gasteiger partial charge in [-0.1, -0.05) is 47.7 Å². The molecule has 0 atom stereocenters. The van der Waals surface area contributed by atoms with Crippen LogP contribution in [0.15, 0.2) is 48.5 Å². The summed E-state index contributed by atoms with van der Waals surface area (Å²) in [6.07, 6.45) is 0.0186. The molecule has 0 bridgehead atoms. The second-order valence-electron chi connectivity index (χ2n) is 6.91. The molecule has 7 heteroatoms. The van der Waals surface area contributed by atoms with E-state index in [-0.39, 0.29) is 0 Å². The Labute approximate surface area is 168 Å². The van der Waals surface area contributed by atoms with Crippen molar-refractivity contribution >= 4 is 27.6 Å². The topological polar surface area (TPSA) is 65.9 Å². The second kappa shape index (κ2) is 8.58. The zero-order valence-corrected chi connectivity index (χ0v) is 16.4. The van der Waals surface area contributed by atoms with Gasteiger partial charge in [-0.25, -0.2) is 9.78 Å². The number of ether oxygens (including phenoxy) is 1. The van der Waals surface area contributed by atoms with Crippen molar-refractivity contribution in [3.05, 3.63) is 59.7 Å². The Morgan fingerprint density at radius 2 is 1.75 bits per heavy atom. The van der Waals surface area contributed by atoms with E-state index in [1.807, 2.05) is 18.2 Å². The minimum absolute atomic E-state index is 0.580. The molecule has 1 aromatic heterocycles. The van der Waals surface area contributed by atoms with E-state index in [1.54, 1.807) is 11.3 Å². The molecular weight excluding hydrogens is 374 g/mol. The van der Waals surface area contributed by atoms with Crippen molar-refractivity contribution in [1.82, 2.24) is 14.8 Å². The highest BCUT2D eigenvalue weighted by Crippen LogP contribution is 2.27. The van der Waals surface area contributed by atoms with Crippen LogP contribution in [0.5, 0.6) is 5.19 Å². The first kappa shape index (κ1) is 18.7. The smallest absolute Gasteiger partial charge is 0.407 e. The standard InChI is InChI=1S/C21H23N3O3S/c25-21(26)24-12-10-23(11-13-24)15-17-7-5-16(6-8-17)9-14-27-20-22-18-3-1-2-4-19(18)28-20/h1-8H,9-15H2,(H,25,26). The van der Waals surface area contributed by atoms with Crippen molar-refractivity contribution in [3.8, 4) is 5.19 Å². The van der Waals surface area contributed by atoms with E-state index in [1.165, 1.54) is 16.0 Å². The maximum Gasteiger partial charge on any atom is 0.407 e. The van der Waals surface area contributed by atoms with Crippen LogP contribution in [0.2, 0.25) is 0 Å². The minimum atomic E-state index is -0.822. The molecular formula is C21H23N3O3S. The molecule has 1 aliphatic rings. The lowest BCUT2D eigenvalue weighted by Gasteiger charge is -2.33. The van der Waals surface area contributed by atoms with Gasteiger partial charge in [0, 0.05) is 39.1 Å². The molecule has 3 aromatic rings. The van der Waals surface area contributed by atoms with Gasteiger partial charge in [-0.3, -0.25) is 4.90 Å². The fourth-order valence-electron chi connectivity index (χ4n) is 3.34. The summed E-state index contributed by atoms with van der Waals surface area (Å²) in [6, 6.07) is 16.6. The Morgan fingerprint density at radius 3 is 2.46 bits per heavy atom. The van der Waals surface area contributed by atoms with Crippen molar-refractivity contribution in [2.75, 3.05) is 32.8 Å². The summed E-state index contributed by atoms with van der Waals surface area (Å²) < 4.78 is 6.97. The zero-order chi connectivity index (χ0) is 19.3. The third kappa shape index (κ3) is 4.61. The lowest BCUT2D eigenvalue weighted by atomic mass is 10.1. The summed E-state index contributed by atoms with van der Waals surface area (Å²) in [5, 5.41) is 9.74. The summed E-state index contributed by atoms with van der Waals surface area (Å²) in [7, 11) is 0. The number of amides is 1. The predicted octanol–water partition coefficient (Wildman–Crippen LogP) is 3.71. The highest BCUT2D eigenvalue weighted by atomic mass is 32.1. The zero-order valence-electron chi connectivity index (χ0n) is 15.6. The molecule has 1 saturated heterocycles. The van der Waals surface area contributed by atoms with Gasteiger partial charge in [-0.05, 0) is 23.3 Å². The molecule has 0 radical (unpaired) electrons. The fraction of sp³-hybridized carbons (Fsp3) is 0.333. The predicted molar refractivity (Wildman–Crippen MR) is 110 cm³/mol. The number of aromatic nitrogens is 1. The summed E-state index contributed by atoms with van der Waals surface area (Å²) in [5.41, 5.74) is 3.47. The second-order valence-corrected chi connectivity index (χ2v) is 7.90. The molecule has 4 rings (SSSR count). The molecule has 0 aliphatic carbocycles. The Kier molecular flexibility index (Phi) is 5.73. The molecule has 0 unspecified atom stereocenters. The van der Waals surface area contributed by atoms with Crippen molar-refractivity contribution in [1.29, 1.82) is 0 Å². The number of nitrogens with zero attached hydrogens (tertiary/aromatic N) is 3. The molecule has 0 saturated carbocycles. The lowest BCUT2D eigenvalue weighted by molar-refractivity contribution is 0.103. The summed E-state index contributed by atoms with van der Waals surface area (Å²) in [5.74, 6) is 0. The van der Waals surface area contributed by atoms with Crippen LogP contribution in [0.1, 0.15) is 11.1 Å². The van der Waals surface area contributed by atoms with E-state index in [4.69, 9.17) is 9.84 Å². The first-order valence-corrected chi connectivity index (χ1v) is 10.3. The normalized spacial score (nSPS) is 15.1. The van der Waals surface area contributed by atoms with Crippen LogP contribution in [0.3, 0.4) is 0 Å². The average Bonchev–Trinajstić information content (AvgIpc) is 3.12. The Bertz CT molecular complexity index is 900. The molecule has 1 N–H and O–H groups in total. The Morgan fingerprint density at radius 1 is 1.04 bits per heavy atom. The summed E-state index contributed by atoms with van der Waals surface area (Å²) in [6.45, 7) is 4.19. The van der Waals surface area contributed by atoms with Gasteiger partial charge in [-0.15, -0.1) is 0 Å². The number of para-hydroxylation sites is 1. The molecule has 2 heterocycles. The quantitative estimate of drug-likeness (QED) is 0.687. The average molecular weight is 398 g/mol. The lowest BCUT2D eigenvalue weighted by Crippen LogP contribution is -2.47. The number of rotatable bonds is 6. The van der Waals surface area contributed by atoms with Gasteiger partial charge in [-0.2, -0.15) is 0 Å². The molecule has 1 amide bonds. The minimum Gasteiger partial charge on any atom is -0.470 e.